The van der Waals surface area contributed by atoms with Crippen LogP contribution in [0.15, 0.2) is 24.5 Å². The molecule has 4 heterocycles. The van der Waals surface area contributed by atoms with E-state index in [4.69, 9.17) is 4.74 Å². The summed E-state index contributed by atoms with van der Waals surface area (Å²) in [5.41, 5.74) is 1.73. The molecule has 0 spiro atoms. The Balaban J connectivity index is 1.62. The first kappa shape index (κ1) is 18.9. The van der Waals surface area contributed by atoms with Crippen LogP contribution in [0.25, 0.3) is 16.7 Å². The van der Waals surface area contributed by atoms with E-state index >= 15 is 4.39 Å². The highest BCUT2D eigenvalue weighted by atomic mass is 19.2. The summed E-state index contributed by atoms with van der Waals surface area (Å²) in [6.45, 7) is 2.69. The van der Waals surface area contributed by atoms with Gasteiger partial charge in [0.25, 0.3) is 5.78 Å². The highest BCUT2D eigenvalue weighted by molar-refractivity contribution is 5.95. The standard InChI is InChI=1S/C23H18F2N6O/c1-13-28-29-23-27-22(19-17(31(13)23)8-7-16(24)20(19)25)30-9-2-10-32-21-15(6-5-14-3-4-14)11-26-12-18(21)30/h7-8,11-12,14H,2-4,9-10H2,1H3. The Morgan fingerprint density at radius 1 is 1.16 bits per heavy atom. The third-order valence-electron chi connectivity index (χ3n) is 5.74. The molecule has 0 unspecified atom stereocenters. The molecule has 4 aromatic rings. The van der Waals surface area contributed by atoms with Gasteiger partial charge in [-0.3, -0.25) is 9.38 Å². The number of benzene rings is 1. The largest absolute Gasteiger partial charge is 0.490 e. The van der Waals surface area contributed by atoms with Crippen LogP contribution in [-0.2, 0) is 0 Å². The monoisotopic (exact) mass is 432 g/mol. The smallest absolute Gasteiger partial charge is 0.257 e. The van der Waals surface area contributed by atoms with Crippen molar-refractivity contribution in [3.05, 3.63) is 47.5 Å². The number of anilines is 2. The van der Waals surface area contributed by atoms with Gasteiger partial charge in [-0.25, -0.2) is 8.78 Å². The van der Waals surface area contributed by atoms with Crippen molar-refractivity contribution >= 4 is 28.2 Å². The molecule has 7 nitrogen and oxygen atoms in total. The molecule has 1 saturated carbocycles. The summed E-state index contributed by atoms with van der Waals surface area (Å²) in [6.07, 6.45) is 6.20. The normalized spacial score (nSPS) is 15.8. The third-order valence-corrected chi connectivity index (χ3v) is 5.74. The minimum Gasteiger partial charge on any atom is -0.490 e. The molecule has 9 heteroatoms. The van der Waals surface area contributed by atoms with Gasteiger partial charge in [0, 0.05) is 18.7 Å². The zero-order valence-corrected chi connectivity index (χ0v) is 17.3. The van der Waals surface area contributed by atoms with E-state index in [0.29, 0.717) is 59.6 Å². The fraction of sp³-hybridized carbons (Fsp3) is 0.304. The van der Waals surface area contributed by atoms with Gasteiger partial charge in [0.05, 0.1) is 29.3 Å². The Morgan fingerprint density at radius 3 is 2.88 bits per heavy atom. The Kier molecular flexibility index (Phi) is 4.21. The lowest BCUT2D eigenvalue weighted by molar-refractivity contribution is 0.321. The first-order valence-electron chi connectivity index (χ1n) is 10.5. The second-order valence-corrected chi connectivity index (χ2v) is 8.01. The highest BCUT2D eigenvalue weighted by Gasteiger charge is 2.27. The van der Waals surface area contributed by atoms with Gasteiger partial charge in [-0.1, -0.05) is 11.8 Å². The molecule has 0 atom stereocenters. The number of rotatable bonds is 1. The molecule has 160 valence electrons. The maximum atomic E-state index is 15.2. The topological polar surface area (TPSA) is 68.4 Å². The summed E-state index contributed by atoms with van der Waals surface area (Å²) in [5.74, 6) is 6.60. The van der Waals surface area contributed by atoms with E-state index in [2.05, 4.69) is 32.0 Å². The maximum Gasteiger partial charge on any atom is 0.257 e. The highest BCUT2D eigenvalue weighted by Crippen LogP contribution is 2.40. The zero-order valence-electron chi connectivity index (χ0n) is 17.3. The summed E-state index contributed by atoms with van der Waals surface area (Å²) in [6, 6.07) is 2.63. The number of aromatic nitrogens is 5. The van der Waals surface area contributed by atoms with Crippen molar-refractivity contribution < 1.29 is 13.5 Å². The fourth-order valence-electron chi connectivity index (χ4n) is 4.01. The van der Waals surface area contributed by atoms with Crippen molar-refractivity contribution in [2.45, 2.75) is 26.2 Å². The van der Waals surface area contributed by atoms with Crippen molar-refractivity contribution in [3.63, 3.8) is 0 Å². The van der Waals surface area contributed by atoms with Crippen molar-refractivity contribution in [2.24, 2.45) is 5.92 Å². The molecule has 1 aliphatic heterocycles. The van der Waals surface area contributed by atoms with E-state index in [1.165, 1.54) is 6.07 Å². The molecule has 1 aliphatic carbocycles. The molecule has 0 bridgehead atoms. The van der Waals surface area contributed by atoms with Gasteiger partial charge in [0.15, 0.2) is 17.4 Å². The predicted molar refractivity (Wildman–Crippen MR) is 114 cm³/mol. The summed E-state index contributed by atoms with van der Waals surface area (Å²) in [5, 5.41) is 8.24. The van der Waals surface area contributed by atoms with Crippen molar-refractivity contribution in [2.75, 3.05) is 18.1 Å². The summed E-state index contributed by atoms with van der Waals surface area (Å²) in [7, 11) is 0. The molecule has 1 fully saturated rings. The van der Waals surface area contributed by atoms with E-state index in [-0.39, 0.29) is 11.2 Å². The van der Waals surface area contributed by atoms with Crippen LogP contribution in [0.1, 0.15) is 30.7 Å². The van der Waals surface area contributed by atoms with Crippen LogP contribution in [-0.4, -0.2) is 37.7 Å². The number of pyridine rings is 1. The van der Waals surface area contributed by atoms with E-state index in [0.717, 1.165) is 18.9 Å². The van der Waals surface area contributed by atoms with E-state index in [1.54, 1.807) is 23.7 Å². The Morgan fingerprint density at radius 2 is 2.03 bits per heavy atom. The van der Waals surface area contributed by atoms with Crippen molar-refractivity contribution in [3.8, 4) is 17.6 Å². The van der Waals surface area contributed by atoms with Gasteiger partial charge in [-0.15, -0.1) is 10.2 Å². The zero-order chi connectivity index (χ0) is 21.8. The van der Waals surface area contributed by atoms with Crippen LogP contribution < -0.4 is 9.64 Å². The number of hydrogen-bond donors (Lipinski definition) is 0. The lowest BCUT2D eigenvalue weighted by atomic mass is 10.1. The molecular weight excluding hydrogens is 414 g/mol. The number of halogens is 2. The number of nitrogens with zero attached hydrogens (tertiary/aromatic N) is 6. The van der Waals surface area contributed by atoms with Gasteiger partial charge in [-0.05, 0) is 38.3 Å². The molecule has 0 N–H and O–H groups in total. The summed E-state index contributed by atoms with van der Waals surface area (Å²) < 4.78 is 37.2. The van der Waals surface area contributed by atoms with Gasteiger partial charge in [0.2, 0.25) is 0 Å². The molecule has 3 aromatic heterocycles. The predicted octanol–water partition coefficient (Wildman–Crippen LogP) is 3.94. The quantitative estimate of drug-likeness (QED) is 0.425. The van der Waals surface area contributed by atoms with Crippen molar-refractivity contribution in [1.82, 2.24) is 24.6 Å². The van der Waals surface area contributed by atoms with E-state index in [9.17, 15) is 4.39 Å². The van der Waals surface area contributed by atoms with Gasteiger partial charge in [0.1, 0.15) is 17.3 Å². The molecule has 0 amide bonds. The first-order chi connectivity index (χ1) is 15.6. The Labute approximate surface area is 182 Å². The number of fused-ring (bicyclic) bond motifs is 4. The van der Waals surface area contributed by atoms with Crippen molar-refractivity contribution in [1.29, 1.82) is 0 Å². The molecule has 1 aromatic carbocycles. The molecule has 0 saturated heterocycles. The maximum absolute atomic E-state index is 15.2. The molecule has 2 aliphatic rings. The second-order valence-electron chi connectivity index (χ2n) is 8.01. The van der Waals surface area contributed by atoms with E-state index < -0.39 is 11.6 Å². The lowest BCUT2D eigenvalue weighted by Crippen LogP contribution is -2.21. The van der Waals surface area contributed by atoms with Crippen LogP contribution in [0.5, 0.6) is 5.75 Å². The fourth-order valence-corrected chi connectivity index (χ4v) is 4.01. The average Bonchev–Trinajstić information content (AvgIpc) is 3.59. The van der Waals surface area contributed by atoms with Gasteiger partial charge < -0.3 is 9.64 Å². The molecular formula is C23H18F2N6O. The molecule has 0 radical (unpaired) electrons. The number of ether oxygens (including phenoxy) is 1. The first-order valence-corrected chi connectivity index (χ1v) is 10.5. The third kappa shape index (κ3) is 2.94. The minimum absolute atomic E-state index is 0.0581. The average molecular weight is 432 g/mol. The molecule has 6 rings (SSSR count). The van der Waals surface area contributed by atoms with Crippen LogP contribution in [0.2, 0.25) is 0 Å². The summed E-state index contributed by atoms with van der Waals surface area (Å²) >= 11 is 0. The lowest BCUT2D eigenvalue weighted by Gasteiger charge is -2.24. The Bertz CT molecular complexity index is 1450. The van der Waals surface area contributed by atoms with Crippen LogP contribution in [0.3, 0.4) is 0 Å². The summed E-state index contributed by atoms with van der Waals surface area (Å²) in [4.78, 5) is 10.8. The number of aryl methyl sites for hydroxylation is 1. The van der Waals surface area contributed by atoms with Crippen LogP contribution >= 0.6 is 0 Å². The second kappa shape index (κ2) is 7.12. The minimum atomic E-state index is -0.968. The van der Waals surface area contributed by atoms with Crippen LogP contribution in [0, 0.1) is 36.3 Å². The Hall–Kier alpha value is -3.80. The number of hydrogen-bond acceptors (Lipinski definition) is 6. The SMILES string of the molecule is Cc1nnc2nc(N3CCCOc4c(C#CC5CC5)cncc43)c3c(F)c(F)ccc3n12. The van der Waals surface area contributed by atoms with Crippen LogP contribution in [0.4, 0.5) is 20.3 Å². The van der Waals surface area contributed by atoms with Gasteiger partial charge in [-0.2, -0.15) is 4.98 Å². The van der Waals surface area contributed by atoms with E-state index in [1.807, 2.05) is 4.90 Å². The molecule has 32 heavy (non-hydrogen) atoms. The van der Waals surface area contributed by atoms with Gasteiger partial charge >= 0.3 is 0 Å².